The molecule has 25 heavy (non-hydrogen) atoms. The lowest BCUT2D eigenvalue weighted by Crippen LogP contribution is -2.12. The van der Waals surface area contributed by atoms with Gasteiger partial charge in [0.25, 0.3) is 0 Å². The highest BCUT2D eigenvalue weighted by Crippen LogP contribution is 2.29. The molecule has 2 aromatic rings. The van der Waals surface area contributed by atoms with Gasteiger partial charge < -0.3 is 15.9 Å². The van der Waals surface area contributed by atoms with Crippen molar-refractivity contribution in [1.82, 2.24) is 0 Å². The lowest BCUT2D eigenvalue weighted by molar-refractivity contribution is 0.0695. The number of nitrogens with two attached hydrogens (primary N) is 1. The molecule has 0 fully saturated rings. The van der Waals surface area contributed by atoms with E-state index in [1.54, 1.807) is 18.2 Å². The number of ketones is 1. The quantitative estimate of drug-likeness (QED) is 0.291. The number of anilines is 1. The van der Waals surface area contributed by atoms with E-state index in [2.05, 4.69) is 6.92 Å². The molecule has 5 nitrogen and oxygen atoms in total. The number of aromatic hydroxyl groups is 1. The lowest BCUT2D eigenvalue weighted by Gasteiger charge is -2.13. The van der Waals surface area contributed by atoms with Crippen molar-refractivity contribution < 1.29 is 19.8 Å². The van der Waals surface area contributed by atoms with E-state index in [0.717, 1.165) is 25.7 Å². The number of phenols is 1. The monoisotopic (exact) mass is 341 g/mol. The summed E-state index contributed by atoms with van der Waals surface area (Å²) in [4.78, 5) is 24.5. The number of rotatable bonds is 8. The summed E-state index contributed by atoms with van der Waals surface area (Å²) < 4.78 is 0. The predicted octanol–water partition coefficient (Wildman–Crippen LogP) is 4.03. The number of carboxylic acid groups (broad SMARTS) is 1. The normalized spacial score (nSPS) is 10.6. The second-order valence-corrected chi connectivity index (χ2v) is 6.02. The van der Waals surface area contributed by atoms with Gasteiger partial charge in [-0.2, -0.15) is 0 Å². The molecule has 0 heterocycles. The molecule has 0 aliphatic heterocycles. The molecular weight excluding hydrogens is 318 g/mol. The van der Waals surface area contributed by atoms with Crippen LogP contribution in [-0.2, 0) is 6.42 Å². The van der Waals surface area contributed by atoms with Gasteiger partial charge in [0.15, 0.2) is 5.78 Å². The Morgan fingerprint density at radius 1 is 0.960 bits per heavy atom. The maximum atomic E-state index is 12.9. The number of benzene rings is 2. The largest absolute Gasteiger partial charge is 0.505 e. The molecule has 5 heteroatoms. The summed E-state index contributed by atoms with van der Waals surface area (Å²) in [6.07, 6.45) is 4.42. The molecular formula is C20H23NO4. The van der Waals surface area contributed by atoms with Crippen molar-refractivity contribution in [2.75, 3.05) is 5.73 Å². The van der Waals surface area contributed by atoms with Crippen LogP contribution in [0, 0.1) is 0 Å². The number of aromatic carboxylic acids is 1. The Bertz CT molecular complexity index is 783. The molecule has 0 saturated heterocycles. The van der Waals surface area contributed by atoms with Crippen LogP contribution in [0.25, 0.3) is 0 Å². The van der Waals surface area contributed by atoms with Crippen LogP contribution >= 0.6 is 0 Å². The molecule has 0 atom stereocenters. The van der Waals surface area contributed by atoms with Crippen molar-refractivity contribution in [1.29, 1.82) is 0 Å². The van der Waals surface area contributed by atoms with E-state index >= 15 is 0 Å². The maximum Gasteiger partial charge on any atom is 0.335 e. The van der Waals surface area contributed by atoms with Crippen LogP contribution in [0.1, 0.15) is 64.4 Å². The molecule has 0 amide bonds. The first-order valence-electron chi connectivity index (χ1n) is 8.44. The second-order valence-electron chi connectivity index (χ2n) is 6.02. The minimum atomic E-state index is -1.06. The molecule has 4 N–H and O–H groups in total. The third-order valence-corrected chi connectivity index (χ3v) is 4.24. The maximum absolute atomic E-state index is 12.9. The Balaban J connectivity index is 2.45. The summed E-state index contributed by atoms with van der Waals surface area (Å²) in [5, 5.41) is 19.5. The highest BCUT2D eigenvalue weighted by molar-refractivity contribution is 6.13. The van der Waals surface area contributed by atoms with Gasteiger partial charge in [-0.15, -0.1) is 0 Å². The molecule has 132 valence electrons. The summed E-state index contributed by atoms with van der Waals surface area (Å²) in [7, 11) is 0. The second kappa shape index (κ2) is 8.33. The van der Waals surface area contributed by atoms with Gasteiger partial charge in [-0.25, -0.2) is 4.79 Å². The van der Waals surface area contributed by atoms with Crippen LogP contribution in [0.5, 0.6) is 5.75 Å². The minimum Gasteiger partial charge on any atom is -0.505 e. The Morgan fingerprint density at radius 3 is 2.28 bits per heavy atom. The first-order valence-corrected chi connectivity index (χ1v) is 8.44. The van der Waals surface area contributed by atoms with Crippen molar-refractivity contribution in [3.05, 3.63) is 58.7 Å². The van der Waals surface area contributed by atoms with Gasteiger partial charge in [0.05, 0.1) is 16.8 Å². The van der Waals surface area contributed by atoms with Gasteiger partial charge in [-0.05, 0) is 36.6 Å². The molecule has 0 saturated carbocycles. The SMILES string of the molecule is CCCCCCc1c(C(=O)O)cccc1C(=O)c1cccc(N)c1O. The molecule has 0 aliphatic carbocycles. The fraction of sp³-hybridized carbons (Fsp3) is 0.300. The molecule has 0 spiro atoms. The Hall–Kier alpha value is -2.82. The third-order valence-electron chi connectivity index (χ3n) is 4.24. The van der Waals surface area contributed by atoms with Crippen LogP contribution in [0.15, 0.2) is 36.4 Å². The van der Waals surface area contributed by atoms with E-state index in [9.17, 15) is 19.8 Å². The van der Waals surface area contributed by atoms with Crippen LogP contribution < -0.4 is 5.73 Å². The number of carbonyl (C=O) groups is 2. The number of phenolic OH excluding ortho intramolecular Hbond substituents is 1. The fourth-order valence-electron chi connectivity index (χ4n) is 2.89. The van der Waals surface area contributed by atoms with Gasteiger partial charge in [-0.3, -0.25) is 4.79 Å². The number of hydrogen-bond donors (Lipinski definition) is 3. The van der Waals surface area contributed by atoms with Crippen molar-refractivity contribution in [2.45, 2.75) is 39.0 Å². The highest BCUT2D eigenvalue weighted by Gasteiger charge is 2.21. The van der Waals surface area contributed by atoms with Crippen LogP contribution in [0.3, 0.4) is 0 Å². The minimum absolute atomic E-state index is 0.0809. The first kappa shape index (κ1) is 18.5. The number of carbonyl (C=O) groups excluding carboxylic acids is 1. The van der Waals surface area contributed by atoms with Crippen LogP contribution in [0.2, 0.25) is 0 Å². The Morgan fingerprint density at radius 2 is 1.60 bits per heavy atom. The number of hydrogen-bond acceptors (Lipinski definition) is 4. The summed E-state index contributed by atoms with van der Waals surface area (Å²) in [5.74, 6) is -1.75. The van der Waals surface area contributed by atoms with Gasteiger partial charge in [0.2, 0.25) is 0 Å². The summed E-state index contributed by atoms with van der Waals surface area (Å²) >= 11 is 0. The molecule has 0 aromatic heterocycles. The average Bonchev–Trinajstić information content (AvgIpc) is 2.60. The van der Waals surface area contributed by atoms with E-state index in [4.69, 9.17) is 5.73 Å². The zero-order chi connectivity index (χ0) is 18.4. The van der Waals surface area contributed by atoms with Gasteiger partial charge in [-0.1, -0.05) is 44.4 Å². The third kappa shape index (κ3) is 4.18. The highest BCUT2D eigenvalue weighted by atomic mass is 16.4. The van der Waals surface area contributed by atoms with Crippen molar-refractivity contribution >= 4 is 17.4 Å². The van der Waals surface area contributed by atoms with Gasteiger partial charge in [0, 0.05) is 5.56 Å². The average molecular weight is 341 g/mol. The van der Waals surface area contributed by atoms with E-state index in [0.29, 0.717) is 17.5 Å². The number of para-hydroxylation sites is 1. The lowest BCUT2D eigenvalue weighted by atomic mass is 9.90. The number of carboxylic acids is 1. The smallest absolute Gasteiger partial charge is 0.335 e. The molecule has 0 aliphatic rings. The van der Waals surface area contributed by atoms with E-state index in [1.165, 1.54) is 18.2 Å². The van der Waals surface area contributed by atoms with E-state index in [1.807, 2.05) is 0 Å². The topological polar surface area (TPSA) is 101 Å². The Kier molecular flexibility index (Phi) is 6.17. The molecule has 0 radical (unpaired) electrons. The standard InChI is InChI=1S/C20H23NO4/c1-2-3-4-5-8-13-14(9-6-10-15(13)20(24)25)18(22)16-11-7-12-17(21)19(16)23/h6-7,9-12,23H,2-5,8,21H2,1H3,(H,24,25). The molecule has 2 aromatic carbocycles. The van der Waals surface area contributed by atoms with Crippen LogP contribution in [-0.4, -0.2) is 22.0 Å². The first-order chi connectivity index (χ1) is 12.0. The van der Waals surface area contributed by atoms with E-state index < -0.39 is 11.8 Å². The fourth-order valence-corrected chi connectivity index (χ4v) is 2.89. The van der Waals surface area contributed by atoms with E-state index in [-0.39, 0.29) is 22.6 Å². The molecule has 2 rings (SSSR count). The summed E-state index contributed by atoms with van der Waals surface area (Å²) in [6.45, 7) is 2.10. The molecule has 0 unspecified atom stereocenters. The zero-order valence-corrected chi connectivity index (χ0v) is 14.3. The number of unbranched alkanes of at least 4 members (excludes halogenated alkanes) is 3. The van der Waals surface area contributed by atoms with Gasteiger partial charge in [0.1, 0.15) is 5.75 Å². The Labute approximate surface area is 147 Å². The van der Waals surface area contributed by atoms with Crippen molar-refractivity contribution in [2.24, 2.45) is 0 Å². The van der Waals surface area contributed by atoms with Crippen molar-refractivity contribution in [3.63, 3.8) is 0 Å². The zero-order valence-electron chi connectivity index (χ0n) is 14.3. The van der Waals surface area contributed by atoms with Crippen molar-refractivity contribution in [3.8, 4) is 5.75 Å². The summed E-state index contributed by atoms with van der Waals surface area (Å²) in [6, 6.07) is 9.24. The molecule has 0 bridgehead atoms. The summed E-state index contributed by atoms with van der Waals surface area (Å²) in [5.41, 5.74) is 6.81. The van der Waals surface area contributed by atoms with Crippen LogP contribution in [0.4, 0.5) is 5.69 Å². The number of nitrogen functional groups attached to an aromatic ring is 1. The van der Waals surface area contributed by atoms with Gasteiger partial charge >= 0.3 is 5.97 Å². The predicted molar refractivity (Wildman–Crippen MR) is 97.2 cm³/mol.